The normalized spacial score (nSPS) is 9.44. The standard InChI is InChI=1S/C14H15O2P.ClH/c1-15-11-7-3-5-9-13(11)17-14-10-6-4-8-12(14)16-2;/h3-10,17H,1-2H3;1H. The number of rotatable bonds is 4. The van der Waals surface area contributed by atoms with Crippen LogP contribution in [0.5, 0.6) is 11.5 Å². The highest BCUT2D eigenvalue weighted by molar-refractivity contribution is 7.56. The maximum Gasteiger partial charge on any atom is 0.126 e. The quantitative estimate of drug-likeness (QED) is 0.803. The molecule has 4 heteroatoms. The van der Waals surface area contributed by atoms with Gasteiger partial charge in [0.2, 0.25) is 0 Å². The van der Waals surface area contributed by atoms with Crippen LogP contribution in [-0.4, -0.2) is 14.2 Å². The third kappa shape index (κ3) is 3.38. The number of hydrogen-bond donors (Lipinski definition) is 0. The molecule has 0 fully saturated rings. The molecule has 0 aliphatic heterocycles. The van der Waals surface area contributed by atoms with Gasteiger partial charge < -0.3 is 9.47 Å². The molecule has 2 nitrogen and oxygen atoms in total. The summed E-state index contributed by atoms with van der Waals surface area (Å²) in [4.78, 5) is 0. The Morgan fingerprint density at radius 2 is 1.11 bits per heavy atom. The number of ether oxygens (including phenoxy) is 2. The molecule has 0 radical (unpaired) electrons. The topological polar surface area (TPSA) is 18.5 Å². The van der Waals surface area contributed by atoms with Gasteiger partial charge in [-0.1, -0.05) is 45.0 Å². The van der Waals surface area contributed by atoms with Crippen molar-refractivity contribution < 1.29 is 9.47 Å². The van der Waals surface area contributed by atoms with Gasteiger partial charge in [-0.25, -0.2) is 0 Å². The Hall–Kier alpha value is -1.24. The summed E-state index contributed by atoms with van der Waals surface area (Å²) in [5.74, 6) is 1.86. The van der Waals surface area contributed by atoms with E-state index in [1.807, 2.05) is 36.4 Å². The molecule has 0 saturated carbocycles. The van der Waals surface area contributed by atoms with Gasteiger partial charge in [-0.2, -0.15) is 0 Å². The zero-order valence-electron chi connectivity index (χ0n) is 10.3. The summed E-state index contributed by atoms with van der Waals surface area (Å²) in [6.45, 7) is 0. The van der Waals surface area contributed by atoms with Crippen LogP contribution in [0.4, 0.5) is 0 Å². The second-order valence-corrected chi connectivity index (χ2v) is 4.85. The molecule has 0 heterocycles. The van der Waals surface area contributed by atoms with Crippen molar-refractivity contribution in [2.45, 2.75) is 0 Å². The molecule has 0 spiro atoms. The van der Waals surface area contributed by atoms with E-state index in [0.717, 1.165) is 11.5 Å². The molecule has 0 saturated heterocycles. The Bertz CT molecular complexity index is 457. The van der Waals surface area contributed by atoms with Crippen molar-refractivity contribution >= 4 is 31.6 Å². The van der Waals surface area contributed by atoms with E-state index in [0.29, 0.717) is 8.58 Å². The summed E-state index contributed by atoms with van der Waals surface area (Å²) in [6, 6.07) is 16.2. The van der Waals surface area contributed by atoms with Crippen LogP contribution in [0.15, 0.2) is 48.5 Å². The van der Waals surface area contributed by atoms with Gasteiger partial charge in [0, 0.05) is 10.6 Å². The number of methoxy groups -OCH3 is 2. The summed E-state index contributed by atoms with van der Waals surface area (Å²) in [7, 11) is 3.94. The van der Waals surface area contributed by atoms with Crippen LogP contribution in [0.25, 0.3) is 0 Å². The van der Waals surface area contributed by atoms with E-state index in [2.05, 4.69) is 12.1 Å². The van der Waals surface area contributed by atoms with E-state index in [4.69, 9.17) is 9.47 Å². The fraction of sp³-hybridized carbons (Fsp3) is 0.143. The molecule has 0 aromatic heterocycles. The van der Waals surface area contributed by atoms with Crippen molar-refractivity contribution in [1.82, 2.24) is 0 Å². The fourth-order valence-corrected chi connectivity index (χ4v) is 2.91. The van der Waals surface area contributed by atoms with Crippen LogP contribution >= 0.6 is 21.0 Å². The van der Waals surface area contributed by atoms with Crippen molar-refractivity contribution in [2.75, 3.05) is 14.2 Å². The van der Waals surface area contributed by atoms with E-state index < -0.39 is 0 Å². The monoisotopic (exact) mass is 282 g/mol. The van der Waals surface area contributed by atoms with Crippen LogP contribution in [0, 0.1) is 0 Å². The van der Waals surface area contributed by atoms with Crippen molar-refractivity contribution in [2.24, 2.45) is 0 Å². The molecule has 0 bridgehead atoms. The highest BCUT2D eigenvalue weighted by Crippen LogP contribution is 2.23. The first-order valence-electron chi connectivity index (χ1n) is 5.38. The number of para-hydroxylation sites is 2. The van der Waals surface area contributed by atoms with Crippen molar-refractivity contribution in [3.05, 3.63) is 48.5 Å². The van der Waals surface area contributed by atoms with Gasteiger partial charge in [-0.3, -0.25) is 0 Å². The average Bonchev–Trinajstić information content (AvgIpc) is 2.40. The van der Waals surface area contributed by atoms with E-state index in [9.17, 15) is 0 Å². The number of benzene rings is 2. The van der Waals surface area contributed by atoms with E-state index in [-0.39, 0.29) is 12.4 Å². The Morgan fingerprint density at radius 3 is 1.50 bits per heavy atom. The van der Waals surface area contributed by atoms with Gasteiger partial charge in [0.25, 0.3) is 0 Å². The molecule has 0 aliphatic carbocycles. The average molecular weight is 283 g/mol. The Morgan fingerprint density at radius 1 is 0.722 bits per heavy atom. The van der Waals surface area contributed by atoms with E-state index in [1.54, 1.807) is 14.2 Å². The lowest BCUT2D eigenvalue weighted by Crippen LogP contribution is -2.08. The van der Waals surface area contributed by atoms with Gasteiger partial charge in [0.05, 0.1) is 14.2 Å². The summed E-state index contributed by atoms with van der Waals surface area (Å²) >= 11 is 0. The smallest absolute Gasteiger partial charge is 0.126 e. The zero-order chi connectivity index (χ0) is 12.1. The first kappa shape index (κ1) is 14.8. The zero-order valence-corrected chi connectivity index (χ0v) is 12.2. The van der Waals surface area contributed by atoms with Crippen molar-refractivity contribution in [1.29, 1.82) is 0 Å². The third-order valence-electron chi connectivity index (χ3n) is 2.48. The largest absolute Gasteiger partial charge is 0.496 e. The molecular weight excluding hydrogens is 267 g/mol. The van der Waals surface area contributed by atoms with E-state index in [1.165, 1.54) is 10.6 Å². The Kier molecular flexibility index (Phi) is 5.97. The summed E-state index contributed by atoms with van der Waals surface area (Å²) in [5.41, 5.74) is 0. The predicted octanol–water partition coefficient (Wildman–Crippen LogP) is 2.75. The molecule has 0 atom stereocenters. The van der Waals surface area contributed by atoms with Gasteiger partial charge >= 0.3 is 0 Å². The fourth-order valence-electron chi connectivity index (χ4n) is 1.64. The van der Waals surface area contributed by atoms with Gasteiger partial charge in [0.1, 0.15) is 11.5 Å². The lowest BCUT2D eigenvalue weighted by molar-refractivity contribution is 0.417. The van der Waals surface area contributed by atoms with Crippen LogP contribution < -0.4 is 20.1 Å². The number of hydrogen-bond acceptors (Lipinski definition) is 2. The molecular formula is C14H16ClO2P. The predicted molar refractivity (Wildman–Crippen MR) is 80.8 cm³/mol. The first-order valence-corrected chi connectivity index (χ1v) is 6.38. The molecule has 0 unspecified atom stereocenters. The van der Waals surface area contributed by atoms with Gasteiger partial charge in [-0.15, -0.1) is 12.4 Å². The van der Waals surface area contributed by atoms with Crippen molar-refractivity contribution in [3.63, 3.8) is 0 Å². The second kappa shape index (κ2) is 7.25. The molecule has 0 amide bonds. The summed E-state index contributed by atoms with van der Waals surface area (Å²) in [5, 5.41) is 2.39. The van der Waals surface area contributed by atoms with Crippen LogP contribution in [0.1, 0.15) is 0 Å². The molecule has 0 N–H and O–H groups in total. The molecule has 2 aromatic carbocycles. The van der Waals surface area contributed by atoms with Crippen LogP contribution in [0.3, 0.4) is 0 Å². The highest BCUT2D eigenvalue weighted by atomic mass is 35.5. The minimum atomic E-state index is 0. The Balaban J connectivity index is 0.00000162. The Labute approximate surface area is 116 Å². The van der Waals surface area contributed by atoms with Crippen LogP contribution in [-0.2, 0) is 0 Å². The molecule has 2 aromatic rings. The molecule has 18 heavy (non-hydrogen) atoms. The second-order valence-electron chi connectivity index (χ2n) is 3.53. The van der Waals surface area contributed by atoms with Crippen LogP contribution in [0.2, 0.25) is 0 Å². The van der Waals surface area contributed by atoms with Gasteiger partial charge in [-0.05, 0) is 12.1 Å². The maximum absolute atomic E-state index is 5.36. The minimum absolute atomic E-state index is 0. The highest BCUT2D eigenvalue weighted by Gasteiger charge is 2.06. The summed E-state index contributed by atoms with van der Waals surface area (Å²) < 4.78 is 10.7. The third-order valence-corrected chi connectivity index (χ3v) is 3.85. The van der Waals surface area contributed by atoms with Crippen molar-refractivity contribution in [3.8, 4) is 11.5 Å². The SMILES string of the molecule is COc1ccccc1Pc1ccccc1OC.Cl. The summed E-state index contributed by atoms with van der Waals surface area (Å²) in [6.07, 6.45) is 0. The minimum Gasteiger partial charge on any atom is -0.496 e. The lowest BCUT2D eigenvalue weighted by Gasteiger charge is -2.11. The number of halogens is 1. The molecule has 96 valence electrons. The first-order chi connectivity index (χ1) is 8.35. The van der Waals surface area contributed by atoms with Gasteiger partial charge in [0.15, 0.2) is 0 Å². The van der Waals surface area contributed by atoms with E-state index >= 15 is 0 Å². The molecule has 2 rings (SSSR count). The lowest BCUT2D eigenvalue weighted by atomic mass is 10.3. The molecule has 0 aliphatic rings. The maximum atomic E-state index is 5.36.